The van der Waals surface area contributed by atoms with E-state index in [9.17, 15) is 4.79 Å². The van der Waals surface area contributed by atoms with E-state index in [1.54, 1.807) is 4.90 Å². The van der Waals surface area contributed by atoms with Gasteiger partial charge in [0.2, 0.25) is 5.89 Å². The molecular weight excluding hydrogens is 350 g/mol. The van der Waals surface area contributed by atoms with Crippen LogP contribution in [0.2, 0.25) is 0 Å². The second kappa shape index (κ2) is 7.25. The molecule has 0 radical (unpaired) electrons. The molecule has 0 saturated carbocycles. The van der Waals surface area contributed by atoms with Gasteiger partial charge in [0.25, 0.3) is 5.91 Å². The van der Waals surface area contributed by atoms with E-state index in [-0.39, 0.29) is 11.8 Å². The second-order valence-corrected chi connectivity index (χ2v) is 7.12. The average molecular weight is 371 g/mol. The molecule has 1 atom stereocenters. The molecule has 11 nitrogen and oxygen atoms in total. The quantitative estimate of drug-likeness (QED) is 0.702. The van der Waals surface area contributed by atoms with Crippen molar-refractivity contribution in [1.29, 1.82) is 0 Å². The number of carbonyl (C=O) groups is 1. The Balaban J connectivity index is 1.49. The fraction of sp³-hybridized carbons (Fsp3) is 0.562. The van der Waals surface area contributed by atoms with Gasteiger partial charge in [-0.05, 0) is 29.2 Å². The number of H-pyrrole nitrogens is 1. The topological polar surface area (TPSA) is 132 Å². The molecule has 142 valence electrons. The van der Waals surface area contributed by atoms with Crippen molar-refractivity contribution < 1.29 is 9.32 Å². The zero-order chi connectivity index (χ0) is 18.8. The van der Waals surface area contributed by atoms with Gasteiger partial charge >= 0.3 is 0 Å². The number of nitrogens with zero attached hydrogens (tertiary/aromatic N) is 8. The molecule has 1 aliphatic rings. The lowest BCUT2D eigenvalue weighted by molar-refractivity contribution is 0.0695. The molecular formula is C16H21N9O2. The number of aromatic nitrogens is 8. The number of amides is 1. The van der Waals surface area contributed by atoms with E-state index >= 15 is 0 Å². The van der Waals surface area contributed by atoms with E-state index in [2.05, 4.69) is 49.7 Å². The predicted molar refractivity (Wildman–Crippen MR) is 92.0 cm³/mol. The summed E-state index contributed by atoms with van der Waals surface area (Å²) in [7, 11) is 0. The van der Waals surface area contributed by atoms with Crippen molar-refractivity contribution in [2.24, 2.45) is 5.92 Å². The molecule has 27 heavy (non-hydrogen) atoms. The van der Waals surface area contributed by atoms with Crippen LogP contribution in [0.25, 0.3) is 5.82 Å². The highest BCUT2D eigenvalue weighted by molar-refractivity contribution is 5.97. The molecule has 1 amide bonds. The number of piperidine rings is 1. The van der Waals surface area contributed by atoms with Crippen LogP contribution in [0, 0.1) is 5.92 Å². The summed E-state index contributed by atoms with van der Waals surface area (Å²) in [6.45, 7) is 5.43. The molecule has 0 aliphatic carbocycles. The van der Waals surface area contributed by atoms with Crippen LogP contribution in [-0.2, 0) is 6.42 Å². The summed E-state index contributed by atoms with van der Waals surface area (Å²) in [6, 6.07) is 0. The number of aromatic amines is 1. The second-order valence-electron chi connectivity index (χ2n) is 7.12. The molecule has 0 unspecified atom stereocenters. The van der Waals surface area contributed by atoms with Crippen molar-refractivity contribution in [2.45, 2.75) is 39.0 Å². The van der Waals surface area contributed by atoms with E-state index in [0.717, 1.165) is 25.1 Å². The highest BCUT2D eigenvalue weighted by atomic mass is 16.5. The molecule has 1 aliphatic heterocycles. The van der Waals surface area contributed by atoms with E-state index in [1.807, 2.05) is 0 Å². The first-order valence-corrected chi connectivity index (χ1v) is 9.00. The Morgan fingerprint density at radius 1 is 1.44 bits per heavy atom. The van der Waals surface area contributed by atoms with Crippen LogP contribution < -0.4 is 0 Å². The smallest absolute Gasteiger partial charge is 0.259 e. The lowest BCUT2D eigenvalue weighted by Gasteiger charge is -2.30. The number of carbonyl (C=O) groups excluding carboxylic acids is 1. The van der Waals surface area contributed by atoms with Crippen LogP contribution in [-0.4, -0.2) is 64.4 Å². The summed E-state index contributed by atoms with van der Waals surface area (Å²) in [5.74, 6) is 2.16. The Hall–Kier alpha value is -3.11. The summed E-state index contributed by atoms with van der Waals surface area (Å²) in [6.07, 6.45) is 5.48. The third kappa shape index (κ3) is 3.57. The number of tetrazole rings is 1. The number of hydrogen-bond donors (Lipinski definition) is 1. The lowest BCUT2D eigenvalue weighted by atomic mass is 9.97. The number of nitrogens with one attached hydrogen (secondary N) is 1. The number of hydrogen-bond acceptors (Lipinski definition) is 8. The van der Waals surface area contributed by atoms with Gasteiger partial charge in [-0.3, -0.25) is 9.89 Å². The highest BCUT2D eigenvalue weighted by Crippen LogP contribution is 2.27. The molecule has 1 fully saturated rings. The first-order chi connectivity index (χ1) is 13.1. The van der Waals surface area contributed by atoms with Gasteiger partial charge in [-0.1, -0.05) is 19.0 Å². The maximum Gasteiger partial charge on any atom is 0.259 e. The van der Waals surface area contributed by atoms with Crippen LogP contribution in [0.1, 0.15) is 54.7 Å². The van der Waals surface area contributed by atoms with Gasteiger partial charge in [0, 0.05) is 19.5 Å². The van der Waals surface area contributed by atoms with Crippen LogP contribution in [0.3, 0.4) is 0 Å². The van der Waals surface area contributed by atoms with Crippen molar-refractivity contribution in [2.75, 3.05) is 13.1 Å². The summed E-state index contributed by atoms with van der Waals surface area (Å²) in [5.41, 5.74) is 0.425. The molecule has 11 heteroatoms. The Bertz CT molecular complexity index is 899. The zero-order valence-electron chi connectivity index (χ0n) is 15.2. The molecule has 1 saturated heterocycles. The Morgan fingerprint density at radius 2 is 2.33 bits per heavy atom. The van der Waals surface area contributed by atoms with Crippen molar-refractivity contribution in [3.63, 3.8) is 0 Å². The minimum absolute atomic E-state index is 0.0412. The third-order valence-electron chi connectivity index (χ3n) is 4.56. The van der Waals surface area contributed by atoms with E-state index < -0.39 is 0 Å². The molecule has 0 bridgehead atoms. The molecule has 0 spiro atoms. The predicted octanol–water partition coefficient (Wildman–Crippen LogP) is 0.987. The number of likely N-dealkylation sites (tertiary alicyclic amines) is 1. The SMILES string of the molecule is CC(C)Cc1noc([C@@H]2CCCN(C(=O)c3cn[nH]c3-n3cnnn3)C2)n1. The van der Waals surface area contributed by atoms with Crippen molar-refractivity contribution >= 4 is 5.91 Å². The molecule has 4 heterocycles. The minimum atomic E-state index is -0.124. The van der Waals surface area contributed by atoms with Gasteiger partial charge in [0.1, 0.15) is 11.9 Å². The largest absolute Gasteiger partial charge is 0.339 e. The monoisotopic (exact) mass is 371 g/mol. The van der Waals surface area contributed by atoms with Gasteiger partial charge in [0.05, 0.1) is 12.1 Å². The standard InChI is InChI=1S/C16H21N9O2/c1-10(2)6-13-19-15(27-21-13)11-4-3-5-24(8-11)16(26)12-7-17-20-14(12)25-9-18-22-23-25/h7,9-11H,3-6,8H2,1-2H3,(H,17,20)/t11-/m1/s1. The Labute approximate surface area is 155 Å². The third-order valence-corrected chi connectivity index (χ3v) is 4.56. The maximum absolute atomic E-state index is 13.0. The first kappa shape index (κ1) is 17.3. The average Bonchev–Trinajstić information content (AvgIpc) is 3.41. The van der Waals surface area contributed by atoms with Crippen LogP contribution in [0.5, 0.6) is 0 Å². The fourth-order valence-electron chi connectivity index (χ4n) is 3.29. The number of rotatable bonds is 5. The van der Waals surface area contributed by atoms with Gasteiger partial charge in [-0.2, -0.15) is 14.8 Å². The Morgan fingerprint density at radius 3 is 3.11 bits per heavy atom. The van der Waals surface area contributed by atoms with Crippen molar-refractivity contribution in [3.05, 3.63) is 29.8 Å². The molecule has 1 N–H and O–H groups in total. The van der Waals surface area contributed by atoms with Gasteiger partial charge < -0.3 is 9.42 Å². The normalized spacial score (nSPS) is 17.6. The van der Waals surface area contributed by atoms with E-state index in [4.69, 9.17) is 4.52 Å². The van der Waals surface area contributed by atoms with Crippen molar-refractivity contribution in [3.8, 4) is 5.82 Å². The highest BCUT2D eigenvalue weighted by Gasteiger charge is 2.31. The maximum atomic E-state index is 13.0. The molecule has 3 aromatic heterocycles. The Kier molecular flexibility index (Phi) is 4.65. The summed E-state index contributed by atoms with van der Waals surface area (Å²) in [5, 5.41) is 21.8. The molecule has 4 rings (SSSR count). The van der Waals surface area contributed by atoms with Gasteiger partial charge in [-0.25, -0.2) is 0 Å². The summed E-state index contributed by atoms with van der Waals surface area (Å²) < 4.78 is 6.84. The molecule has 0 aromatic carbocycles. The van der Waals surface area contributed by atoms with Gasteiger partial charge in [0.15, 0.2) is 11.6 Å². The minimum Gasteiger partial charge on any atom is -0.339 e. The summed E-state index contributed by atoms with van der Waals surface area (Å²) >= 11 is 0. The van der Waals surface area contributed by atoms with Gasteiger partial charge in [-0.15, -0.1) is 5.10 Å². The fourth-order valence-corrected chi connectivity index (χ4v) is 3.29. The lowest BCUT2D eigenvalue weighted by Crippen LogP contribution is -2.39. The van der Waals surface area contributed by atoms with Crippen LogP contribution in [0.15, 0.2) is 17.0 Å². The van der Waals surface area contributed by atoms with Crippen LogP contribution in [0.4, 0.5) is 0 Å². The van der Waals surface area contributed by atoms with Crippen LogP contribution >= 0.6 is 0 Å². The van der Waals surface area contributed by atoms with E-state index in [0.29, 0.717) is 36.3 Å². The summed E-state index contributed by atoms with van der Waals surface area (Å²) in [4.78, 5) is 19.3. The van der Waals surface area contributed by atoms with Crippen molar-refractivity contribution in [1.82, 2.24) is 45.4 Å². The zero-order valence-corrected chi connectivity index (χ0v) is 15.2. The first-order valence-electron chi connectivity index (χ1n) is 9.00. The van der Waals surface area contributed by atoms with E-state index in [1.165, 1.54) is 17.2 Å². The molecule has 3 aromatic rings.